The standard InChI is InChI=1S/C14H25NO3/c1-13(2)7-11(13)8-15-9-14(18)5-3-10(4-6-14)12(16)17/h10-11,15,18H,3-9H2,1-2H3,(H,16,17). The highest BCUT2D eigenvalue weighted by molar-refractivity contribution is 5.70. The summed E-state index contributed by atoms with van der Waals surface area (Å²) in [6.07, 6.45) is 3.67. The van der Waals surface area contributed by atoms with Gasteiger partial charge in [-0.3, -0.25) is 4.79 Å². The summed E-state index contributed by atoms with van der Waals surface area (Å²) >= 11 is 0. The summed E-state index contributed by atoms with van der Waals surface area (Å²) < 4.78 is 0. The third-order valence-electron chi connectivity index (χ3n) is 4.83. The van der Waals surface area contributed by atoms with Crippen LogP contribution in [0.1, 0.15) is 46.0 Å². The van der Waals surface area contributed by atoms with Crippen molar-refractivity contribution >= 4 is 5.97 Å². The summed E-state index contributed by atoms with van der Waals surface area (Å²) in [7, 11) is 0. The number of hydrogen-bond acceptors (Lipinski definition) is 3. The van der Waals surface area contributed by atoms with Crippen LogP contribution in [-0.4, -0.2) is 34.9 Å². The molecule has 0 amide bonds. The zero-order valence-corrected chi connectivity index (χ0v) is 11.4. The molecule has 0 spiro atoms. The molecule has 0 aromatic carbocycles. The molecule has 18 heavy (non-hydrogen) atoms. The third-order valence-corrected chi connectivity index (χ3v) is 4.83. The van der Waals surface area contributed by atoms with Crippen LogP contribution in [0.3, 0.4) is 0 Å². The number of carboxylic acids is 1. The number of rotatable bonds is 5. The minimum absolute atomic E-state index is 0.257. The molecule has 2 fully saturated rings. The molecule has 4 nitrogen and oxygen atoms in total. The molecule has 1 atom stereocenters. The van der Waals surface area contributed by atoms with E-state index in [0.717, 1.165) is 12.5 Å². The predicted octanol–water partition coefficient (Wildman–Crippen LogP) is 1.63. The van der Waals surface area contributed by atoms with E-state index in [-0.39, 0.29) is 5.92 Å². The van der Waals surface area contributed by atoms with Gasteiger partial charge in [0.15, 0.2) is 0 Å². The second-order valence-electron chi connectivity index (χ2n) is 6.86. The average molecular weight is 255 g/mol. The summed E-state index contributed by atoms with van der Waals surface area (Å²) in [6, 6.07) is 0. The minimum atomic E-state index is -0.718. The van der Waals surface area contributed by atoms with Crippen LogP contribution < -0.4 is 5.32 Å². The Morgan fingerprint density at radius 1 is 1.33 bits per heavy atom. The second kappa shape index (κ2) is 4.82. The first-order chi connectivity index (χ1) is 8.32. The molecule has 0 aromatic rings. The van der Waals surface area contributed by atoms with Crippen LogP contribution in [0.25, 0.3) is 0 Å². The molecule has 4 heteroatoms. The fraction of sp³-hybridized carbons (Fsp3) is 0.929. The van der Waals surface area contributed by atoms with Gasteiger partial charge >= 0.3 is 5.97 Å². The van der Waals surface area contributed by atoms with Crippen LogP contribution in [0.2, 0.25) is 0 Å². The van der Waals surface area contributed by atoms with Gasteiger partial charge < -0.3 is 15.5 Å². The number of aliphatic carboxylic acids is 1. The van der Waals surface area contributed by atoms with E-state index in [9.17, 15) is 9.90 Å². The van der Waals surface area contributed by atoms with Gasteiger partial charge in [-0.15, -0.1) is 0 Å². The Labute approximate surface area is 109 Å². The Bertz CT molecular complexity index is 319. The molecule has 0 aromatic heterocycles. The van der Waals surface area contributed by atoms with Crippen LogP contribution in [0, 0.1) is 17.3 Å². The van der Waals surface area contributed by atoms with Crippen LogP contribution in [0.15, 0.2) is 0 Å². The molecule has 2 rings (SSSR count). The normalized spacial score (nSPS) is 38.4. The van der Waals surface area contributed by atoms with Crippen molar-refractivity contribution in [2.24, 2.45) is 17.3 Å². The Balaban J connectivity index is 1.68. The van der Waals surface area contributed by atoms with Crippen LogP contribution >= 0.6 is 0 Å². The lowest BCUT2D eigenvalue weighted by molar-refractivity contribution is -0.144. The summed E-state index contributed by atoms with van der Waals surface area (Å²) in [5.74, 6) is -0.242. The molecule has 104 valence electrons. The van der Waals surface area contributed by atoms with Gasteiger partial charge in [0.25, 0.3) is 0 Å². The summed E-state index contributed by atoms with van der Waals surface area (Å²) in [5.41, 5.74) is -0.221. The van der Waals surface area contributed by atoms with Gasteiger partial charge in [0.2, 0.25) is 0 Å². The van der Waals surface area contributed by atoms with E-state index in [2.05, 4.69) is 19.2 Å². The number of carbonyl (C=O) groups is 1. The fourth-order valence-corrected chi connectivity index (χ4v) is 2.98. The topological polar surface area (TPSA) is 69.6 Å². The lowest BCUT2D eigenvalue weighted by atomic mass is 9.79. The molecule has 0 radical (unpaired) electrons. The molecular formula is C14H25NO3. The number of aliphatic hydroxyl groups is 1. The highest BCUT2D eigenvalue weighted by atomic mass is 16.4. The van der Waals surface area contributed by atoms with Gasteiger partial charge in [-0.05, 0) is 50.0 Å². The monoisotopic (exact) mass is 255 g/mol. The van der Waals surface area contributed by atoms with Crippen molar-refractivity contribution in [2.75, 3.05) is 13.1 Å². The van der Waals surface area contributed by atoms with Crippen molar-refractivity contribution in [2.45, 2.75) is 51.6 Å². The molecule has 0 saturated heterocycles. The van der Waals surface area contributed by atoms with Crippen molar-refractivity contribution in [3.63, 3.8) is 0 Å². The molecule has 0 bridgehead atoms. The Morgan fingerprint density at radius 2 is 1.89 bits per heavy atom. The van der Waals surface area contributed by atoms with Crippen molar-refractivity contribution in [1.29, 1.82) is 0 Å². The Hall–Kier alpha value is -0.610. The minimum Gasteiger partial charge on any atom is -0.481 e. The highest BCUT2D eigenvalue weighted by Gasteiger charge is 2.45. The molecule has 0 heterocycles. The van der Waals surface area contributed by atoms with Crippen molar-refractivity contribution in [1.82, 2.24) is 5.32 Å². The average Bonchev–Trinajstić information content (AvgIpc) is 2.87. The lowest BCUT2D eigenvalue weighted by Gasteiger charge is -2.34. The van der Waals surface area contributed by atoms with Gasteiger partial charge in [-0.2, -0.15) is 0 Å². The van der Waals surface area contributed by atoms with Gasteiger partial charge in [0, 0.05) is 6.54 Å². The summed E-state index contributed by atoms with van der Waals surface area (Å²) in [4.78, 5) is 10.9. The maximum Gasteiger partial charge on any atom is 0.306 e. The molecule has 2 aliphatic carbocycles. The van der Waals surface area contributed by atoms with E-state index in [4.69, 9.17) is 5.11 Å². The molecule has 1 unspecified atom stereocenters. The summed E-state index contributed by atoms with van der Waals surface area (Å²) in [5, 5.41) is 22.7. The maximum absolute atomic E-state index is 10.9. The predicted molar refractivity (Wildman–Crippen MR) is 69.3 cm³/mol. The largest absolute Gasteiger partial charge is 0.481 e. The smallest absolute Gasteiger partial charge is 0.306 e. The SMILES string of the molecule is CC1(C)CC1CNCC1(O)CCC(C(=O)O)CC1. The van der Waals surface area contributed by atoms with Crippen molar-refractivity contribution in [3.05, 3.63) is 0 Å². The van der Waals surface area contributed by atoms with Crippen molar-refractivity contribution < 1.29 is 15.0 Å². The number of carboxylic acid groups (broad SMARTS) is 1. The van der Waals surface area contributed by atoms with Gasteiger partial charge in [-0.25, -0.2) is 0 Å². The number of hydrogen-bond donors (Lipinski definition) is 3. The number of nitrogens with one attached hydrogen (secondary N) is 1. The van der Waals surface area contributed by atoms with E-state index in [1.165, 1.54) is 6.42 Å². The first-order valence-electron chi connectivity index (χ1n) is 6.98. The zero-order valence-electron chi connectivity index (χ0n) is 11.4. The summed E-state index contributed by atoms with van der Waals surface area (Å²) in [6.45, 7) is 6.11. The van der Waals surface area contributed by atoms with E-state index in [1.54, 1.807) is 0 Å². The van der Waals surface area contributed by atoms with E-state index >= 15 is 0 Å². The first kappa shape index (κ1) is 13.8. The van der Waals surface area contributed by atoms with Crippen molar-refractivity contribution in [3.8, 4) is 0 Å². The fourth-order valence-electron chi connectivity index (χ4n) is 2.98. The van der Waals surface area contributed by atoms with E-state index < -0.39 is 11.6 Å². The Kier molecular flexibility index (Phi) is 3.70. The Morgan fingerprint density at radius 3 is 2.33 bits per heavy atom. The van der Waals surface area contributed by atoms with Crippen LogP contribution in [0.4, 0.5) is 0 Å². The first-order valence-corrected chi connectivity index (χ1v) is 6.98. The van der Waals surface area contributed by atoms with Gasteiger partial charge in [0.05, 0.1) is 11.5 Å². The molecule has 0 aliphatic heterocycles. The quantitative estimate of drug-likeness (QED) is 0.698. The van der Waals surface area contributed by atoms with Crippen LogP contribution in [-0.2, 0) is 4.79 Å². The van der Waals surface area contributed by atoms with Gasteiger partial charge in [-0.1, -0.05) is 13.8 Å². The molecule has 2 aliphatic rings. The highest BCUT2D eigenvalue weighted by Crippen LogP contribution is 2.51. The van der Waals surface area contributed by atoms with Gasteiger partial charge in [0.1, 0.15) is 0 Å². The molecule has 2 saturated carbocycles. The molecular weight excluding hydrogens is 230 g/mol. The lowest BCUT2D eigenvalue weighted by Crippen LogP contribution is -2.45. The van der Waals surface area contributed by atoms with Crippen LogP contribution in [0.5, 0.6) is 0 Å². The molecule has 3 N–H and O–H groups in total. The second-order valence-corrected chi connectivity index (χ2v) is 6.86. The maximum atomic E-state index is 10.9. The third kappa shape index (κ3) is 3.23. The zero-order chi connectivity index (χ0) is 13.4. The van der Waals surface area contributed by atoms with E-state index in [0.29, 0.717) is 37.6 Å². The van der Waals surface area contributed by atoms with E-state index in [1.807, 2.05) is 0 Å².